The first-order chi connectivity index (χ1) is 28.0. The highest BCUT2D eigenvalue weighted by Crippen LogP contribution is 2.64. The van der Waals surface area contributed by atoms with Crippen molar-refractivity contribution in [3.63, 3.8) is 0 Å². The molecule has 0 radical (unpaired) electrons. The van der Waals surface area contributed by atoms with Gasteiger partial charge < -0.3 is 4.57 Å². The van der Waals surface area contributed by atoms with Gasteiger partial charge in [-0.3, -0.25) is 0 Å². The van der Waals surface area contributed by atoms with E-state index in [1.54, 1.807) is 11.8 Å². The molecule has 1 aliphatic heterocycles. The monoisotopic (exact) mass is 748 g/mol. The molecule has 1 unspecified atom stereocenters. The van der Waals surface area contributed by atoms with E-state index in [0.717, 1.165) is 49.1 Å². The van der Waals surface area contributed by atoms with Crippen LogP contribution in [0.2, 0.25) is 0 Å². The molecule has 2 nitrogen and oxygen atoms in total. The predicted molar refractivity (Wildman–Crippen MR) is 246 cm³/mol. The first kappa shape index (κ1) is 35.8. The number of aliphatic imine (C=N–C) groups is 1. The third kappa shape index (κ3) is 5.40. The molecule has 0 N–H and O–H groups in total. The maximum absolute atomic E-state index is 5.22. The molecule has 5 aromatic carbocycles. The second kappa shape index (κ2) is 14.3. The molecule has 6 aromatic rings. The Kier molecular flexibility index (Phi) is 9.01. The third-order valence-corrected chi connectivity index (χ3v) is 12.6. The van der Waals surface area contributed by atoms with Crippen molar-refractivity contribution in [1.29, 1.82) is 0 Å². The van der Waals surface area contributed by atoms with Crippen LogP contribution in [0.1, 0.15) is 36.1 Å². The van der Waals surface area contributed by atoms with Crippen LogP contribution in [-0.4, -0.2) is 10.3 Å². The first-order valence-corrected chi connectivity index (χ1v) is 19.9. The van der Waals surface area contributed by atoms with Gasteiger partial charge in [-0.15, -0.1) is 0 Å². The second-order valence-corrected chi connectivity index (χ2v) is 15.4. The van der Waals surface area contributed by atoms with Crippen LogP contribution in [0, 0.1) is 0 Å². The summed E-state index contributed by atoms with van der Waals surface area (Å²) in [5.74, 6) is 0. The molecule has 0 fully saturated rings. The average molecular weight is 749 g/mol. The van der Waals surface area contributed by atoms with Crippen molar-refractivity contribution in [2.24, 2.45) is 4.99 Å². The molecule has 1 spiro atoms. The van der Waals surface area contributed by atoms with Gasteiger partial charge in [-0.2, -0.15) is 0 Å². The summed E-state index contributed by atoms with van der Waals surface area (Å²) in [5, 5.41) is 2.47. The highest BCUT2D eigenvalue weighted by molar-refractivity contribution is 8.07. The van der Waals surface area contributed by atoms with Gasteiger partial charge in [-0.25, -0.2) is 4.99 Å². The summed E-state index contributed by atoms with van der Waals surface area (Å²) in [6.45, 7) is 21.7. The van der Waals surface area contributed by atoms with E-state index in [1.807, 2.05) is 43.4 Å². The second-order valence-electron chi connectivity index (χ2n) is 14.3. The van der Waals surface area contributed by atoms with E-state index < -0.39 is 5.41 Å². The fourth-order valence-corrected chi connectivity index (χ4v) is 10.1. The van der Waals surface area contributed by atoms with Gasteiger partial charge in [0.2, 0.25) is 0 Å². The van der Waals surface area contributed by atoms with E-state index in [0.29, 0.717) is 5.70 Å². The van der Waals surface area contributed by atoms with Gasteiger partial charge in [0, 0.05) is 37.9 Å². The van der Waals surface area contributed by atoms with E-state index in [-0.39, 0.29) is 0 Å². The van der Waals surface area contributed by atoms with E-state index in [1.165, 1.54) is 49.6 Å². The first-order valence-electron chi connectivity index (χ1n) is 19.1. The number of nitrogens with zero attached hydrogens (tertiary/aromatic N) is 2. The summed E-state index contributed by atoms with van der Waals surface area (Å²) in [6.07, 6.45) is 14.1. The maximum atomic E-state index is 5.22. The Morgan fingerprint density at radius 2 is 1.42 bits per heavy atom. The summed E-state index contributed by atoms with van der Waals surface area (Å²) in [5.41, 5.74) is 21.9. The van der Waals surface area contributed by atoms with Crippen molar-refractivity contribution >= 4 is 50.5 Å². The quantitative estimate of drug-likeness (QED) is 0.0818. The number of rotatable bonds is 9. The Morgan fingerprint density at radius 3 is 2.11 bits per heavy atom. The maximum Gasteiger partial charge on any atom is 0.0747 e. The molecule has 0 saturated heterocycles. The molecule has 57 heavy (non-hydrogen) atoms. The molecule has 0 saturated carbocycles. The largest absolute Gasteiger partial charge is 0.309 e. The van der Waals surface area contributed by atoms with Crippen LogP contribution < -0.4 is 0 Å². The Balaban J connectivity index is 1.18. The van der Waals surface area contributed by atoms with Crippen molar-refractivity contribution < 1.29 is 0 Å². The summed E-state index contributed by atoms with van der Waals surface area (Å²) >= 11 is 1.71. The van der Waals surface area contributed by atoms with E-state index in [4.69, 9.17) is 4.99 Å². The van der Waals surface area contributed by atoms with Crippen molar-refractivity contribution in [2.75, 3.05) is 0 Å². The molecule has 9 rings (SSSR count). The van der Waals surface area contributed by atoms with Crippen molar-refractivity contribution in [3.8, 4) is 16.8 Å². The minimum Gasteiger partial charge on any atom is -0.309 e. The molecule has 0 bridgehead atoms. The van der Waals surface area contributed by atoms with Gasteiger partial charge in [0.25, 0.3) is 0 Å². The number of allylic oxidation sites excluding steroid dienone is 11. The Hall–Kier alpha value is -6.86. The van der Waals surface area contributed by atoms with Gasteiger partial charge in [-0.1, -0.05) is 165 Å². The Labute approximate surface area is 339 Å². The van der Waals surface area contributed by atoms with Crippen molar-refractivity contribution in [1.82, 2.24) is 4.57 Å². The molecular weight excluding hydrogens is 709 g/mol. The van der Waals surface area contributed by atoms with Gasteiger partial charge in [0.05, 0.1) is 27.9 Å². The van der Waals surface area contributed by atoms with Gasteiger partial charge >= 0.3 is 0 Å². The fraction of sp³-hybridized carbons (Fsp3) is 0.0556. The molecule has 272 valence electrons. The van der Waals surface area contributed by atoms with Gasteiger partial charge in [0.1, 0.15) is 0 Å². The fourth-order valence-electron chi connectivity index (χ4n) is 9.04. The van der Waals surface area contributed by atoms with Crippen LogP contribution in [0.15, 0.2) is 227 Å². The van der Waals surface area contributed by atoms with Crippen LogP contribution in [0.3, 0.4) is 0 Å². The molecular formula is C54H40N2S. The van der Waals surface area contributed by atoms with Crippen LogP contribution in [0.4, 0.5) is 0 Å². The Morgan fingerprint density at radius 1 is 0.754 bits per heavy atom. The lowest BCUT2D eigenvalue weighted by Crippen LogP contribution is -2.33. The number of aromatic nitrogens is 1. The highest BCUT2D eigenvalue weighted by Gasteiger charge is 2.52. The standard InChI is InChI=1S/C54H40N2S/c1-7-20-48(55-36(6)37-31-33-38(34-32-37)56-49-28-16-12-22-42(49)43-23-13-17-29-50(43)56)39(8-2)35(5)40-24-19-25-44-41-21-11-14-26-46(41)54(53(40)44)45(9-3)51(10-4)57-52-30-18-15-27-47(52)54/h7-14,16-17,19-34H,2-4,6H2,1,5H3/b20-7-,39-35+,55-48?. The number of para-hydroxylation sites is 2. The average Bonchev–Trinajstić information content (AvgIpc) is 3.75. The predicted octanol–water partition coefficient (Wildman–Crippen LogP) is 14.2. The third-order valence-electron chi connectivity index (χ3n) is 11.4. The molecule has 2 aliphatic carbocycles. The molecule has 3 aliphatic rings. The van der Waals surface area contributed by atoms with Crippen LogP contribution in [0.25, 0.3) is 49.9 Å². The summed E-state index contributed by atoms with van der Waals surface area (Å²) in [6, 6.07) is 41.1. The van der Waals surface area contributed by atoms with Gasteiger partial charge in [0.15, 0.2) is 0 Å². The lowest BCUT2D eigenvalue weighted by molar-refractivity contribution is 0.756. The molecule has 1 aromatic heterocycles. The summed E-state index contributed by atoms with van der Waals surface area (Å²) in [4.78, 5) is 7.44. The molecule has 3 heteroatoms. The van der Waals surface area contributed by atoms with E-state index in [2.05, 4.69) is 171 Å². The lowest BCUT2D eigenvalue weighted by Gasteiger charge is -2.41. The minimum atomic E-state index is -0.646. The number of fused-ring (bicyclic) bond motifs is 9. The zero-order chi connectivity index (χ0) is 39.3. The van der Waals surface area contributed by atoms with E-state index in [9.17, 15) is 0 Å². The SMILES string of the molecule is C=CC1=C(C=C)C2(C3=C(C=C=C=C3)S1)c1ccccc1-c1cccc(/C(C)=C(\C=C)C(/C=C\C)=NC(=C)c3ccc(-n4c5ccccc5c5ccccc54)cc3)c12. The van der Waals surface area contributed by atoms with Crippen molar-refractivity contribution in [2.45, 2.75) is 19.3 Å². The van der Waals surface area contributed by atoms with Crippen LogP contribution in [0.5, 0.6) is 0 Å². The number of thioether (sulfide) groups is 1. The van der Waals surface area contributed by atoms with Crippen molar-refractivity contribution in [3.05, 3.63) is 244 Å². The van der Waals surface area contributed by atoms with Crippen LogP contribution >= 0.6 is 11.8 Å². The highest BCUT2D eigenvalue weighted by atomic mass is 32.2. The lowest BCUT2D eigenvalue weighted by atomic mass is 9.64. The number of benzene rings is 5. The molecule has 2 heterocycles. The zero-order valence-corrected chi connectivity index (χ0v) is 33.0. The molecule has 0 amide bonds. The normalized spacial score (nSPS) is 17.3. The number of hydrogen-bond acceptors (Lipinski definition) is 2. The molecule has 1 atom stereocenters. The topological polar surface area (TPSA) is 17.3 Å². The Bertz CT molecular complexity index is 2960. The minimum absolute atomic E-state index is 0.646. The zero-order valence-electron chi connectivity index (χ0n) is 32.1. The summed E-state index contributed by atoms with van der Waals surface area (Å²) < 4.78 is 2.32. The van der Waals surface area contributed by atoms with Gasteiger partial charge in [-0.05, 0) is 100 Å². The number of hydrogen-bond donors (Lipinski definition) is 0. The van der Waals surface area contributed by atoms with Crippen LogP contribution in [-0.2, 0) is 5.41 Å². The van der Waals surface area contributed by atoms with E-state index >= 15 is 0 Å². The smallest absolute Gasteiger partial charge is 0.0747 e. The summed E-state index contributed by atoms with van der Waals surface area (Å²) in [7, 11) is 0.